The van der Waals surface area contributed by atoms with Crippen LogP contribution in [0.3, 0.4) is 0 Å². The Kier molecular flexibility index (Phi) is 5.65. The molecule has 1 heterocycles. The summed E-state index contributed by atoms with van der Waals surface area (Å²) in [6.07, 6.45) is 3.24. The molecule has 1 atom stereocenters. The zero-order valence-corrected chi connectivity index (χ0v) is 16.2. The fourth-order valence-corrected chi connectivity index (χ4v) is 5.56. The number of amides is 1. The van der Waals surface area contributed by atoms with Crippen molar-refractivity contribution in [1.29, 1.82) is 0 Å². The van der Waals surface area contributed by atoms with Gasteiger partial charge < -0.3 is 5.32 Å². The monoisotopic (exact) mass is 382 g/mol. The summed E-state index contributed by atoms with van der Waals surface area (Å²) in [7, 11) is 0. The lowest BCUT2D eigenvalue weighted by Crippen LogP contribution is -2.31. The van der Waals surface area contributed by atoms with Gasteiger partial charge in [0.1, 0.15) is 4.38 Å². The Labute approximate surface area is 163 Å². The number of nitrogens with zero attached hydrogens (tertiary/aromatic N) is 1. The highest BCUT2D eigenvalue weighted by atomic mass is 32.2. The number of rotatable bonds is 4. The van der Waals surface area contributed by atoms with E-state index in [1.807, 2.05) is 30.0 Å². The molecule has 1 N–H and O–H groups in total. The van der Waals surface area contributed by atoms with E-state index in [2.05, 4.69) is 40.6 Å². The number of fused-ring (bicyclic) bond motifs is 1. The summed E-state index contributed by atoms with van der Waals surface area (Å²) < 4.78 is 1.14. The second-order valence-corrected chi connectivity index (χ2v) is 8.87. The second kappa shape index (κ2) is 8.31. The summed E-state index contributed by atoms with van der Waals surface area (Å²) in [6.45, 7) is 0.913. The number of aryl methyl sites for hydroxylation is 1. The molecule has 2 aromatic rings. The van der Waals surface area contributed by atoms with Crippen LogP contribution in [0, 0.1) is 0 Å². The number of hydrogen-bond donors (Lipinski definition) is 1. The quantitative estimate of drug-likeness (QED) is 0.823. The van der Waals surface area contributed by atoms with E-state index in [9.17, 15) is 4.79 Å². The summed E-state index contributed by atoms with van der Waals surface area (Å²) in [5.74, 6) is 1.89. The first-order valence-electron chi connectivity index (χ1n) is 9.08. The van der Waals surface area contributed by atoms with E-state index in [1.54, 1.807) is 11.8 Å². The fourth-order valence-electron chi connectivity index (χ4n) is 3.55. The van der Waals surface area contributed by atoms with Gasteiger partial charge in [0.25, 0.3) is 5.91 Å². The first-order chi connectivity index (χ1) is 12.8. The lowest BCUT2D eigenvalue weighted by Gasteiger charge is -2.26. The highest BCUT2D eigenvalue weighted by Crippen LogP contribution is 2.30. The number of carbonyl (C=O) groups excluding carboxylic acids is 1. The van der Waals surface area contributed by atoms with Gasteiger partial charge >= 0.3 is 0 Å². The second-order valence-electron chi connectivity index (χ2n) is 6.56. The maximum absolute atomic E-state index is 13.0. The van der Waals surface area contributed by atoms with Gasteiger partial charge in [0, 0.05) is 17.1 Å². The van der Waals surface area contributed by atoms with E-state index in [4.69, 9.17) is 0 Å². The Morgan fingerprint density at radius 3 is 2.92 bits per heavy atom. The highest BCUT2D eigenvalue weighted by Gasteiger charge is 2.23. The molecule has 26 heavy (non-hydrogen) atoms. The van der Waals surface area contributed by atoms with Crippen molar-refractivity contribution in [2.24, 2.45) is 4.99 Å². The Bertz CT molecular complexity index is 834. The molecule has 0 aromatic heterocycles. The van der Waals surface area contributed by atoms with Crippen LogP contribution in [0.15, 0.2) is 53.5 Å². The fraction of sp³-hybridized carbons (Fsp3) is 0.333. The van der Waals surface area contributed by atoms with Crippen molar-refractivity contribution in [1.82, 2.24) is 5.32 Å². The van der Waals surface area contributed by atoms with Gasteiger partial charge in [-0.2, -0.15) is 0 Å². The molecular weight excluding hydrogens is 360 g/mol. The molecule has 0 saturated carbocycles. The van der Waals surface area contributed by atoms with Gasteiger partial charge in [0.2, 0.25) is 0 Å². The van der Waals surface area contributed by atoms with Crippen molar-refractivity contribution in [3.63, 3.8) is 0 Å². The third kappa shape index (κ3) is 3.99. The first-order valence-corrected chi connectivity index (χ1v) is 11.0. The molecule has 0 saturated heterocycles. The summed E-state index contributed by atoms with van der Waals surface area (Å²) >= 11 is 3.55. The number of nitrogens with one attached hydrogen (secondary N) is 1. The van der Waals surface area contributed by atoms with Gasteiger partial charge in [-0.1, -0.05) is 66.0 Å². The van der Waals surface area contributed by atoms with E-state index in [0.717, 1.165) is 52.8 Å². The van der Waals surface area contributed by atoms with E-state index in [-0.39, 0.29) is 11.9 Å². The molecule has 134 valence electrons. The molecule has 0 radical (unpaired) electrons. The van der Waals surface area contributed by atoms with Gasteiger partial charge in [-0.15, -0.1) is 0 Å². The average Bonchev–Trinajstić information content (AvgIpc) is 3.20. The lowest BCUT2D eigenvalue weighted by atomic mass is 9.87. The third-order valence-electron chi connectivity index (χ3n) is 4.85. The van der Waals surface area contributed by atoms with Crippen LogP contribution in [-0.4, -0.2) is 22.6 Å². The predicted octanol–water partition coefficient (Wildman–Crippen LogP) is 4.83. The number of hydrogen-bond acceptors (Lipinski definition) is 4. The topological polar surface area (TPSA) is 41.5 Å². The first kappa shape index (κ1) is 17.7. The van der Waals surface area contributed by atoms with Crippen LogP contribution in [0.1, 0.15) is 45.9 Å². The Morgan fingerprint density at radius 2 is 2.04 bits per heavy atom. The number of benzene rings is 2. The van der Waals surface area contributed by atoms with Crippen molar-refractivity contribution in [2.75, 3.05) is 12.3 Å². The average molecular weight is 383 g/mol. The SMILES string of the molecule is O=C(N[C@H]1CCCc2ccccc21)c1ccccc1CSC1=NCCS1. The summed E-state index contributed by atoms with van der Waals surface area (Å²) in [6, 6.07) is 16.5. The molecule has 0 fully saturated rings. The molecule has 0 spiro atoms. The van der Waals surface area contributed by atoms with Crippen LogP contribution < -0.4 is 5.32 Å². The minimum absolute atomic E-state index is 0.0314. The minimum Gasteiger partial charge on any atom is -0.345 e. The van der Waals surface area contributed by atoms with Crippen LogP contribution in [0.5, 0.6) is 0 Å². The molecule has 1 amide bonds. The normalized spacial score (nSPS) is 18.9. The van der Waals surface area contributed by atoms with Gasteiger partial charge in [-0.3, -0.25) is 9.79 Å². The molecule has 2 aromatic carbocycles. The number of thioether (sulfide) groups is 2. The Balaban J connectivity index is 1.48. The minimum atomic E-state index is 0.0314. The third-order valence-corrected chi connectivity index (χ3v) is 7.15. The molecule has 0 bridgehead atoms. The molecule has 1 aliphatic heterocycles. The van der Waals surface area contributed by atoms with Gasteiger partial charge in [0.15, 0.2) is 0 Å². The molecule has 1 aliphatic carbocycles. The Hall–Kier alpha value is -1.72. The highest BCUT2D eigenvalue weighted by molar-refractivity contribution is 8.38. The van der Waals surface area contributed by atoms with Crippen LogP contribution in [0.4, 0.5) is 0 Å². The van der Waals surface area contributed by atoms with Crippen molar-refractivity contribution < 1.29 is 4.79 Å². The van der Waals surface area contributed by atoms with Crippen molar-refractivity contribution >= 4 is 33.8 Å². The Morgan fingerprint density at radius 1 is 1.19 bits per heavy atom. The van der Waals surface area contributed by atoms with E-state index in [1.165, 1.54) is 11.1 Å². The van der Waals surface area contributed by atoms with Crippen LogP contribution in [0.2, 0.25) is 0 Å². The molecule has 0 unspecified atom stereocenters. The summed E-state index contributed by atoms with van der Waals surface area (Å²) in [4.78, 5) is 17.5. The van der Waals surface area contributed by atoms with E-state index >= 15 is 0 Å². The molecule has 3 nitrogen and oxygen atoms in total. The van der Waals surface area contributed by atoms with E-state index < -0.39 is 0 Å². The van der Waals surface area contributed by atoms with Gasteiger partial charge in [0.05, 0.1) is 12.6 Å². The maximum Gasteiger partial charge on any atom is 0.252 e. The van der Waals surface area contributed by atoms with Gasteiger partial charge in [-0.25, -0.2) is 0 Å². The summed E-state index contributed by atoms with van der Waals surface area (Å²) in [5.41, 5.74) is 4.50. The molecule has 2 aliphatic rings. The van der Waals surface area contributed by atoms with Crippen LogP contribution >= 0.6 is 23.5 Å². The number of carbonyl (C=O) groups is 1. The lowest BCUT2D eigenvalue weighted by molar-refractivity contribution is 0.0932. The summed E-state index contributed by atoms with van der Waals surface area (Å²) in [5, 5.41) is 3.28. The van der Waals surface area contributed by atoms with Crippen molar-refractivity contribution in [3.8, 4) is 0 Å². The molecule has 5 heteroatoms. The predicted molar refractivity (Wildman–Crippen MR) is 112 cm³/mol. The van der Waals surface area contributed by atoms with E-state index in [0.29, 0.717) is 0 Å². The number of aliphatic imine (C=N–C) groups is 1. The molecular formula is C21H22N2OS2. The smallest absolute Gasteiger partial charge is 0.252 e. The van der Waals surface area contributed by atoms with Crippen LogP contribution in [-0.2, 0) is 12.2 Å². The van der Waals surface area contributed by atoms with Gasteiger partial charge in [-0.05, 0) is 42.0 Å². The van der Waals surface area contributed by atoms with Crippen molar-refractivity contribution in [3.05, 3.63) is 70.8 Å². The zero-order valence-electron chi connectivity index (χ0n) is 14.6. The van der Waals surface area contributed by atoms with Crippen molar-refractivity contribution in [2.45, 2.75) is 31.1 Å². The standard InChI is InChI=1S/C21H22N2OS2/c24-20(23-19-11-5-8-15-6-1-3-9-17(15)19)18-10-4-2-7-16(18)14-26-21-22-12-13-25-21/h1-4,6-7,9-10,19H,5,8,11-14H2,(H,23,24)/t19-/m0/s1. The largest absolute Gasteiger partial charge is 0.345 e. The van der Waals surface area contributed by atoms with Crippen LogP contribution in [0.25, 0.3) is 0 Å². The molecule has 4 rings (SSSR count). The zero-order chi connectivity index (χ0) is 17.8. The maximum atomic E-state index is 13.0.